The van der Waals surface area contributed by atoms with Crippen LogP contribution >= 0.6 is 0 Å². The van der Waals surface area contributed by atoms with Crippen molar-refractivity contribution in [2.45, 2.75) is 38.9 Å². The lowest BCUT2D eigenvalue weighted by atomic mass is 9.90. The molecule has 0 radical (unpaired) electrons. The Morgan fingerprint density at radius 2 is 2.12 bits per heavy atom. The van der Waals surface area contributed by atoms with E-state index in [0.29, 0.717) is 19.0 Å². The molecule has 0 aliphatic carbocycles. The van der Waals surface area contributed by atoms with E-state index in [-0.39, 0.29) is 11.8 Å². The second-order valence-corrected chi connectivity index (χ2v) is 5.15. The Morgan fingerprint density at radius 1 is 1.50 bits per heavy atom. The van der Waals surface area contributed by atoms with Crippen molar-refractivity contribution in [2.24, 2.45) is 5.92 Å². The fourth-order valence-electron chi connectivity index (χ4n) is 2.08. The van der Waals surface area contributed by atoms with Crippen LogP contribution in [0.4, 0.5) is 4.39 Å². The summed E-state index contributed by atoms with van der Waals surface area (Å²) in [5.74, 6) is -0.0597. The van der Waals surface area contributed by atoms with Gasteiger partial charge in [0.25, 0.3) is 0 Å². The van der Waals surface area contributed by atoms with Crippen molar-refractivity contribution in [3.8, 4) is 0 Å². The van der Waals surface area contributed by atoms with Crippen molar-refractivity contribution < 1.29 is 9.18 Å². The molecule has 0 bridgehead atoms. The molecule has 0 aromatic heterocycles. The molecule has 0 aromatic carbocycles. The third-order valence-corrected chi connectivity index (χ3v) is 3.37. The zero-order valence-corrected chi connectivity index (χ0v) is 10.7. The highest BCUT2D eigenvalue weighted by atomic mass is 19.1. The highest BCUT2D eigenvalue weighted by molar-refractivity contribution is 5.75. The first kappa shape index (κ1) is 13.4. The molecule has 16 heavy (non-hydrogen) atoms. The molecule has 1 rings (SSSR count). The summed E-state index contributed by atoms with van der Waals surface area (Å²) in [6, 6.07) is 0.392. The quantitative estimate of drug-likeness (QED) is 0.734. The SMILES string of the molecule is CC(C)N1CCC(CC(=O)N(C)C)C(F)C1. The van der Waals surface area contributed by atoms with Crippen molar-refractivity contribution >= 4 is 5.91 Å². The molecule has 1 amide bonds. The Balaban J connectivity index is 2.45. The number of amides is 1. The van der Waals surface area contributed by atoms with E-state index in [2.05, 4.69) is 18.7 Å². The number of carbonyl (C=O) groups excluding carboxylic acids is 1. The van der Waals surface area contributed by atoms with Crippen LogP contribution in [0.15, 0.2) is 0 Å². The number of hydrogen-bond donors (Lipinski definition) is 0. The number of alkyl halides is 1. The highest BCUT2D eigenvalue weighted by Gasteiger charge is 2.31. The number of nitrogens with zero attached hydrogens (tertiary/aromatic N) is 2. The van der Waals surface area contributed by atoms with Gasteiger partial charge in [0, 0.05) is 39.0 Å². The number of rotatable bonds is 3. The largest absolute Gasteiger partial charge is 0.349 e. The fourth-order valence-corrected chi connectivity index (χ4v) is 2.08. The van der Waals surface area contributed by atoms with E-state index in [1.165, 1.54) is 0 Å². The molecule has 2 unspecified atom stereocenters. The number of halogens is 1. The predicted molar refractivity (Wildman–Crippen MR) is 63.0 cm³/mol. The zero-order chi connectivity index (χ0) is 12.3. The predicted octanol–water partition coefficient (Wildman–Crippen LogP) is 1.53. The van der Waals surface area contributed by atoms with E-state index in [0.717, 1.165) is 13.0 Å². The van der Waals surface area contributed by atoms with Crippen LogP contribution in [0.5, 0.6) is 0 Å². The summed E-state index contributed by atoms with van der Waals surface area (Å²) < 4.78 is 13.9. The lowest BCUT2D eigenvalue weighted by Gasteiger charge is -2.37. The van der Waals surface area contributed by atoms with Crippen molar-refractivity contribution in [2.75, 3.05) is 27.2 Å². The van der Waals surface area contributed by atoms with E-state index >= 15 is 0 Å². The molecule has 0 N–H and O–H groups in total. The van der Waals surface area contributed by atoms with E-state index in [1.54, 1.807) is 19.0 Å². The summed E-state index contributed by atoms with van der Waals surface area (Å²) in [7, 11) is 3.44. The van der Waals surface area contributed by atoms with Crippen LogP contribution in [0.2, 0.25) is 0 Å². The summed E-state index contributed by atoms with van der Waals surface area (Å²) in [6.07, 6.45) is 0.277. The van der Waals surface area contributed by atoms with Crippen LogP contribution in [0.1, 0.15) is 26.7 Å². The van der Waals surface area contributed by atoms with Gasteiger partial charge in [0.2, 0.25) is 5.91 Å². The van der Waals surface area contributed by atoms with Gasteiger partial charge in [-0.15, -0.1) is 0 Å². The van der Waals surface area contributed by atoms with Gasteiger partial charge in [-0.25, -0.2) is 4.39 Å². The molecule has 2 atom stereocenters. The molecule has 3 nitrogen and oxygen atoms in total. The molecule has 0 aromatic rings. The van der Waals surface area contributed by atoms with Gasteiger partial charge >= 0.3 is 0 Å². The van der Waals surface area contributed by atoms with Crippen LogP contribution in [-0.4, -0.2) is 55.1 Å². The maximum absolute atomic E-state index is 13.9. The topological polar surface area (TPSA) is 23.6 Å². The molecular formula is C12H23FN2O. The average Bonchev–Trinajstić information content (AvgIpc) is 2.20. The van der Waals surface area contributed by atoms with Crippen LogP contribution in [-0.2, 0) is 4.79 Å². The van der Waals surface area contributed by atoms with Crippen LogP contribution < -0.4 is 0 Å². The van der Waals surface area contributed by atoms with Crippen molar-refractivity contribution in [3.05, 3.63) is 0 Å². The first-order chi connectivity index (χ1) is 7.41. The number of carbonyl (C=O) groups is 1. The smallest absolute Gasteiger partial charge is 0.222 e. The first-order valence-corrected chi connectivity index (χ1v) is 6.00. The average molecular weight is 230 g/mol. The van der Waals surface area contributed by atoms with Gasteiger partial charge in [-0.2, -0.15) is 0 Å². The van der Waals surface area contributed by atoms with Gasteiger partial charge in [0.15, 0.2) is 0 Å². The lowest BCUT2D eigenvalue weighted by Crippen LogP contribution is -2.46. The van der Waals surface area contributed by atoms with Gasteiger partial charge in [0.1, 0.15) is 6.17 Å². The molecular weight excluding hydrogens is 207 g/mol. The van der Waals surface area contributed by atoms with Gasteiger partial charge in [-0.1, -0.05) is 0 Å². The minimum atomic E-state index is -0.861. The normalized spacial score (nSPS) is 27.1. The summed E-state index contributed by atoms with van der Waals surface area (Å²) in [6.45, 7) is 5.54. The van der Waals surface area contributed by atoms with E-state index in [9.17, 15) is 9.18 Å². The summed E-state index contributed by atoms with van der Waals surface area (Å²) in [4.78, 5) is 15.2. The molecule has 1 aliphatic rings. The first-order valence-electron chi connectivity index (χ1n) is 6.00. The Kier molecular flexibility index (Phi) is 4.71. The highest BCUT2D eigenvalue weighted by Crippen LogP contribution is 2.25. The number of piperidine rings is 1. The van der Waals surface area contributed by atoms with Crippen molar-refractivity contribution in [1.29, 1.82) is 0 Å². The molecule has 1 saturated heterocycles. The molecule has 1 heterocycles. The third kappa shape index (κ3) is 3.44. The molecule has 4 heteroatoms. The van der Waals surface area contributed by atoms with Crippen molar-refractivity contribution in [3.63, 3.8) is 0 Å². The number of likely N-dealkylation sites (tertiary alicyclic amines) is 1. The maximum Gasteiger partial charge on any atom is 0.222 e. The van der Waals surface area contributed by atoms with Crippen LogP contribution in [0.3, 0.4) is 0 Å². The second kappa shape index (κ2) is 5.62. The Hall–Kier alpha value is -0.640. The summed E-state index contributed by atoms with van der Waals surface area (Å²) in [5.41, 5.74) is 0. The number of hydrogen-bond acceptors (Lipinski definition) is 2. The molecule has 1 aliphatic heterocycles. The Bertz CT molecular complexity index is 243. The minimum absolute atomic E-state index is 0.0330. The standard InChI is InChI=1S/C12H23FN2O/c1-9(2)15-6-5-10(11(13)8-15)7-12(16)14(3)4/h9-11H,5-8H2,1-4H3. The second-order valence-electron chi connectivity index (χ2n) is 5.15. The molecule has 0 spiro atoms. The van der Waals surface area contributed by atoms with Gasteiger partial charge < -0.3 is 4.90 Å². The van der Waals surface area contributed by atoms with Gasteiger partial charge in [-0.05, 0) is 26.8 Å². The molecule has 1 fully saturated rings. The van der Waals surface area contributed by atoms with E-state index < -0.39 is 6.17 Å². The fraction of sp³-hybridized carbons (Fsp3) is 0.917. The van der Waals surface area contributed by atoms with E-state index in [4.69, 9.17) is 0 Å². The van der Waals surface area contributed by atoms with E-state index in [1.807, 2.05) is 0 Å². The van der Waals surface area contributed by atoms with Crippen LogP contribution in [0, 0.1) is 5.92 Å². The molecule has 94 valence electrons. The Labute approximate surface area is 97.6 Å². The van der Waals surface area contributed by atoms with Gasteiger partial charge in [-0.3, -0.25) is 9.69 Å². The van der Waals surface area contributed by atoms with Crippen LogP contribution in [0.25, 0.3) is 0 Å². The van der Waals surface area contributed by atoms with Crippen molar-refractivity contribution in [1.82, 2.24) is 9.80 Å². The lowest BCUT2D eigenvalue weighted by molar-refractivity contribution is -0.130. The molecule has 0 saturated carbocycles. The Morgan fingerprint density at radius 3 is 2.56 bits per heavy atom. The monoisotopic (exact) mass is 230 g/mol. The third-order valence-electron chi connectivity index (χ3n) is 3.37. The summed E-state index contributed by atoms with van der Waals surface area (Å²) in [5, 5.41) is 0. The zero-order valence-electron chi connectivity index (χ0n) is 10.7. The summed E-state index contributed by atoms with van der Waals surface area (Å²) >= 11 is 0. The maximum atomic E-state index is 13.9. The minimum Gasteiger partial charge on any atom is -0.349 e. The van der Waals surface area contributed by atoms with Gasteiger partial charge in [0.05, 0.1) is 0 Å².